The molecule has 2 aromatic rings. The fraction of sp³-hybridized carbons (Fsp3) is 0. The summed E-state index contributed by atoms with van der Waals surface area (Å²) in [5, 5.41) is 9.34. The molecule has 0 saturated carbocycles. The van der Waals surface area contributed by atoms with E-state index in [4.69, 9.17) is 28.5 Å². The molecule has 23 heavy (non-hydrogen) atoms. The van der Waals surface area contributed by atoms with Gasteiger partial charge in [-0.25, -0.2) is 12.8 Å². The van der Waals surface area contributed by atoms with Crippen molar-refractivity contribution >= 4 is 44.4 Å². The Bertz CT molecular complexity index is 997. The highest BCUT2D eigenvalue weighted by atomic mass is 35.5. The van der Waals surface area contributed by atoms with Gasteiger partial charge in [0.25, 0.3) is 0 Å². The number of sulfone groups is 1. The standard InChI is InChI=1S/C15H7Cl2FN2O2S/c16-9-1-4-15-14(5-9)20(8-11(7-19)23(15,21)22)10-2-3-13(18)12(17)6-10/h1-6,8H. The molecule has 0 aliphatic carbocycles. The highest BCUT2D eigenvalue weighted by Crippen LogP contribution is 2.41. The van der Waals surface area contributed by atoms with Crippen molar-refractivity contribution in [2.45, 2.75) is 4.90 Å². The van der Waals surface area contributed by atoms with E-state index in [1.807, 2.05) is 0 Å². The first-order chi connectivity index (χ1) is 10.8. The third-order valence-corrected chi connectivity index (χ3v) is 5.52. The lowest BCUT2D eigenvalue weighted by Gasteiger charge is -2.27. The molecule has 116 valence electrons. The van der Waals surface area contributed by atoms with Crippen molar-refractivity contribution in [3.63, 3.8) is 0 Å². The second kappa shape index (κ2) is 5.53. The van der Waals surface area contributed by atoms with Gasteiger partial charge in [-0.2, -0.15) is 5.26 Å². The molecule has 4 nitrogen and oxygen atoms in total. The molecule has 0 unspecified atom stereocenters. The maximum atomic E-state index is 13.4. The first kappa shape index (κ1) is 15.8. The quantitative estimate of drug-likeness (QED) is 0.747. The summed E-state index contributed by atoms with van der Waals surface area (Å²) in [6.45, 7) is 0. The number of nitrogens with zero attached hydrogens (tertiary/aromatic N) is 2. The summed E-state index contributed by atoms with van der Waals surface area (Å²) in [5.74, 6) is -0.601. The molecule has 0 radical (unpaired) electrons. The minimum Gasteiger partial charge on any atom is -0.314 e. The van der Waals surface area contributed by atoms with E-state index in [0.717, 1.165) is 12.3 Å². The fourth-order valence-electron chi connectivity index (χ4n) is 2.22. The van der Waals surface area contributed by atoms with Crippen LogP contribution in [0.4, 0.5) is 15.8 Å². The lowest BCUT2D eigenvalue weighted by molar-refractivity contribution is 0.602. The fourth-order valence-corrected chi connectivity index (χ4v) is 3.84. The van der Waals surface area contributed by atoms with Gasteiger partial charge in [0.15, 0.2) is 4.91 Å². The molecule has 0 saturated heterocycles. The van der Waals surface area contributed by atoms with Gasteiger partial charge in [-0.3, -0.25) is 0 Å². The van der Waals surface area contributed by atoms with E-state index >= 15 is 0 Å². The number of allylic oxidation sites excluding steroid dienone is 1. The number of nitriles is 1. The number of rotatable bonds is 1. The molecule has 1 aliphatic rings. The highest BCUT2D eigenvalue weighted by Gasteiger charge is 2.32. The third-order valence-electron chi connectivity index (χ3n) is 3.30. The van der Waals surface area contributed by atoms with Crippen molar-refractivity contribution < 1.29 is 12.8 Å². The Morgan fingerprint density at radius 2 is 1.87 bits per heavy atom. The Labute approximate surface area is 141 Å². The predicted molar refractivity (Wildman–Crippen MR) is 85.9 cm³/mol. The molecule has 0 amide bonds. The number of halogens is 3. The molecule has 0 fully saturated rings. The van der Waals surface area contributed by atoms with Crippen molar-refractivity contribution in [1.82, 2.24) is 0 Å². The van der Waals surface area contributed by atoms with Crippen LogP contribution in [0, 0.1) is 17.1 Å². The molecule has 0 spiro atoms. The highest BCUT2D eigenvalue weighted by molar-refractivity contribution is 7.95. The summed E-state index contributed by atoms with van der Waals surface area (Å²) >= 11 is 11.7. The average Bonchev–Trinajstić information content (AvgIpc) is 2.50. The van der Waals surface area contributed by atoms with E-state index in [1.54, 1.807) is 6.07 Å². The largest absolute Gasteiger partial charge is 0.314 e. The Kier molecular flexibility index (Phi) is 3.80. The van der Waals surface area contributed by atoms with Crippen LogP contribution in [0.5, 0.6) is 0 Å². The first-order valence-electron chi connectivity index (χ1n) is 6.25. The maximum absolute atomic E-state index is 13.4. The normalized spacial score (nSPS) is 15.6. The van der Waals surface area contributed by atoms with Crippen molar-refractivity contribution in [3.8, 4) is 6.07 Å². The molecule has 0 aromatic heterocycles. The van der Waals surface area contributed by atoms with Gasteiger partial charge >= 0.3 is 0 Å². The number of hydrogen-bond donors (Lipinski definition) is 0. The van der Waals surface area contributed by atoms with Crippen LogP contribution in [0.3, 0.4) is 0 Å². The van der Waals surface area contributed by atoms with Crippen LogP contribution in [0.2, 0.25) is 10.0 Å². The van der Waals surface area contributed by atoms with Crippen molar-refractivity contribution in [1.29, 1.82) is 5.26 Å². The predicted octanol–water partition coefficient (Wildman–Crippen LogP) is 4.42. The monoisotopic (exact) mass is 368 g/mol. The van der Waals surface area contributed by atoms with Crippen molar-refractivity contribution in [2.75, 3.05) is 4.90 Å². The number of fused-ring (bicyclic) bond motifs is 1. The zero-order valence-electron chi connectivity index (χ0n) is 11.3. The number of anilines is 2. The summed E-state index contributed by atoms with van der Waals surface area (Å²) in [5.41, 5.74) is 0.668. The minimum atomic E-state index is -3.92. The summed E-state index contributed by atoms with van der Waals surface area (Å²) in [6, 6.07) is 9.80. The zero-order chi connectivity index (χ0) is 16.8. The summed E-state index contributed by atoms with van der Waals surface area (Å²) in [6.07, 6.45) is 1.16. The molecule has 0 atom stereocenters. The number of hydrogen-bond acceptors (Lipinski definition) is 4. The lowest BCUT2D eigenvalue weighted by atomic mass is 10.2. The zero-order valence-corrected chi connectivity index (χ0v) is 13.6. The second-order valence-corrected chi connectivity index (χ2v) is 7.42. The van der Waals surface area contributed by atoms with Gasteiger partial charge in [0.2, 0.25) is 9.84 Å². The van der Waals surface area contributed by atoms with Crippen LogP contribution in [-0.2, 0) is 9.84 Å². The van der Waals surface area contributed by atoms with Crippen LogP contribution in [-0.4, -0.2) is 8.42 Å². The minimum absolute atomic E-state index is 0.0543. The summed E-state index contributed by atoms with van der Waals surface area (Å²) in [4.78, 5) is 0.959. The van der Waals surface area contributed by atoms with E-state index in [1.165, 1.54) is 35.2 Å². The molecular formula is C15H7Cl2FN2O2S. The topological polar surface area (TPSA) is 61.2 Å². The Morgan fingerprint density at radius 1 is 1.13 bits per heavy atom. The van der Waals surface area contributed by atoms with Gasteiger partial charge in [-0.05, 0) is 36.4 Å². The average molecular weight is 369 g/mol. The van der Waals surface area contributed by atoms with Gasteiger partial charge in [0.1, 0.15) is 11.9 Å². The van der Waals surface area contributed by atoms with E-state index in [-0.39, 0.29) is 15.6 Å². The molecule has 0 bridgehead atoms. The van der Waals surface area contributed by atoms with Crippen LogP contribution in [0.15, 0.2) is 52.4 Å². The van der Waals surface area contributed by atoms with Gasteiger partial charge in [-0.1, -0.05) is 23.2 Å². The molecular weight excluding hydrogens is 362 g/mol. The molecule has 3 rings (SSSR count). The van der Waals surface area contributed by atoms with Gasteiger partial charge < -0.3 is 4.90 Å². The molecule has 1 heterocycles. The number of benzene rings is 2. The summed E-state index contributed by atoms with van der Waals surface area (Å²) in [7, 11) is -3.92. The van der Waals surface area contributed by atoms with E-state index < -0.39 is 20.6 Å². The van der Waals surface area contributed by atoms with Crippen LogP contribution in [0.1, 0.15) is 0 Å². The van der Waals surface area contributed by atoms with E-state index in [0.29, 0.717) is 10.7 Å². The van der Waals surface area contributed by atoms with E-state index in [2.05, 4.69) is 0 Å². The molecule has 8 heteroatoms. The Balaban J connectivity index is 2.30. The lowest BCUT2D eigenvalue weighted by Crippen LogP contribution is -2.21. The second-order valence-electron chi connectivity index (χ2n) is 4.69. The third kappa shape index (κ3) is 2.57. The summed E-state index contributed by atoms with van der Waals surface area (Å²) < 4.78 is 38.2. The van der Waals surface area contributed by atoms with Gasteiger partial charge in [0.05, 0.1) is 15.6 Å². The molecule has 0 N–H and O–H groups in total. The van der Waals surface area contributed by atoms with E-state index in [9.17, 15) is 12.8 Å². The van der Waals surface area contributed by atoms with Gasteiger partial charge in [0, 0.05) is 16.9 Å². The Morgan fingerprint density at radius 3 is 2.52 bits per heavy atom. The smallest absolute Gasteiger partial charge is 0.220 e. The van der Waals surface area contributed by atoms with Crippen molar-refractivity contribution in [2.24, 2.45) is 0 Å². The van der Waals surface area contributed by atoms with Crippen LogP contribution >= 0.6 is 23.2 Å². The van der Waals surface area contributed by atoms with Crippen LogP contribution < -0.4 is 4.90 Å². The molecule has 2 aromatic carbocycles. The van der Waals surface area contributed by atoms with Crippen LogP contribution in [0.25, 0.3) is 0 Å². The Hall–Kier alpha value is -2.07. The SMILES string of the molecule is N#CC1=CN(c2ccc(F)c(Cl)c2)c2cc(Cl)ccc2S1(=O)=O. The first-order valence-corrected chi connectivity index (χ1v) is 8.49. The van der Waals surface area contributed by atoms with Crippen molar-refractivity contribution in [3.05, 3.63) is 63.4 Å². The maximum Gasteiger partial charge on any atom is 0.220 e. The van der Waals surface area contributed by atoms with Gasteiger partial charge in [-0.15, -0.1) is 0 Å². The molecule has 1 aliphatic heterocycles.